The number of nitrogens with one attached hydrogen (secondary N) is 1. The number of hydrogen-bond acceptors (Lipinski definition) is 2. The van der Waals surface area contributed by atoms with Crippen molar-refractivity contribution >= 4 is 0 Å². The molecule has 1 saturated heterocycles. The molecule has 1 aliphatic heterocycles. The fourth-order valence-corrected chi connectivity index (χ4v) is 3.39. The standard InChI is InChI=1S/C17H27FN2/c1-4-19-12-14-7-5-6-10-20(3)17(14)16-11-15(18)9-8-13(16)2/h8-9,11,14,17,19H,4-7,10,12H2,1-3H3. The lowest BCUT2D eigenvalue weighted by Crippen LogP contribution is -2.35. The van der Waals surface area contributed by atoms with Crippen molar-refractivity contribution in [3.63, 3.8) is 0 Å². The molecular weight excluding hydrogens is 251 g/mol. The van der Waals surface area contributed by atoms with Crippen molar-refractivity contribution in [3.05, 3.63) is 35.1 Å². The Balaban J connectivity index is 2.31. The lowest BCUT2D eigenvalue weighted by molar-refractivity contribution is 0.188. The Morgan fingerprint density at radius 2 is 2.15 bits per heavy atom. The third kappa shape index (κ3) is 3.58. The van der Waals surface area contributed by atoms with Gasteiger partial charge in [0.1, 0.15) is 5.82 Å². The fraction of sp³-hybridized carbons (Fsp3) is 0.647. The molecular formula is C17H27FN2. The summed E-state index contributed by atoms with van der Waals surface area (Å²) in [6.45, 7) is 7.35. The van der Waals surface area contributed by atoms with Gasteiger partial charge in [0, 0.05) is 6.04 Å². The summed E-state index contributed by atoms with van der Waals surface area (Å²) in [6, 6.07) is 5.54. The summed E-state index contributed by atoms with van der Waals surface area (Å²) in [4.78, 5) is 2.41. The predicted octanol–water partition coefficient (Wildman–Crippen LogP) is 3.52. The van der Waals surface area contributed by atoms with Crippen LogP contribution in [0.4, 0.5) is 4.39 Å². The van der Waals surface area contributed by atoms with E-state index in [0.29, 0.717) is 12.0 Å². The van der Waals surface area contributed by atoms with Gasteiger partial charge in [0.2, 0.25) is 0 Å². The van der Waals surface area contributed by atoms with Crippen molar-refractivity contribution in [2.24, 2.45) is 5.92 Å². The maximum absolute atomic E-state index is 13.7. The molecule has 2 rings (SSSR count). The number of aryl methyl sites for hydroxylation is 1. The minimum atomic E-state index is -0.120. The smallest absolute Gasteiger partial charge is 0.123 e. The minimum absolute atomic E-state index is 0.120. The Morgan fingerprint density at radius 3 is 2.90 bits per heavy atom. The van der Waals surface area contributed by atoms with Crippen molar-refractivity contribution < 1.29 is 4.39 Å². The highest BCUT2D eigenvalue weighted by Crippen LogP contribution is 2.35. The highest BCUT2D eigenvalue weighted by Gasteiger charge is 2.29. The Morgan fingerprint density at radius 1 is 1.35 bits per heavy atom. The number of nitrogens with zero attached hydrogens (tertiary/aromatic N) is 1. The van der Waals surface area contributed by atoms with Gasteiger partial charge >= 0.3 is 0 Å². The van der Waals surface area contributed by atoms with Crippen molar-refractivity contribution in [2.75, 3.05) is 26.7 Å². The van der Waals surface area contributed by atoms with Crippen LogP contribution in [0.2, 0.25) is 0 Å². The van der Waals surface area contributed by atoms with Crippen LogP contribution in [0.25, 0.3) is 0 Å². The molecule has 112 valence electrons. The lowest BCUT2D eigenvalue weighted by atomic mass is 9.87. The summed E-state index contributed by atoms with van der Waals surface area (Å²) < 4.78 is 13.7. The van der Waals surface area contributed by atoms with Gasteiger partial charge in [0.25, 0.3) is 0 Å². The second-order valence-corrected chi connectivity index (χ2v) is 5.99. The molecule has 0 radical (unpaired) electrons. The zero-order valence-corrected chi connectivity index (χ0v) is 13.0. The molecule has 1 aliphatic rings. The summed E-state index contributed by atoms with van der Waals surface area (Å²) >= 11 is 0. The van der Waals surface area contributed by atoms with E-state index in [9.17, 15) is 4.39 Å². The Bertz CT molecular complexity index is 433. The average Bonchev–Trinajstić information content (AvgIpc) is 2.61. The fourth-order valence-electron chi connectivity index (χ4n) is 3.39. The first kappa shape index (κ1) is 15.5. The zero-order valence-electron chi connectivity index (χ0n) is 13.0. The first-order valence-electron chi connectivity index (χ1n) is 7.80. The van der Waals surface area contributed by atoms with E-state index in [4.69, 9.17) is 0 Å². The number of benzene rings is 1. The molecule has 0 spiro atoms. The summed E-state index contributed by atoms with van der Waals surface area (Å²) in [6.07, 6.45) is 3.73. The molecule has 1 aromatic rings. The van der Waals surface area contributed by atoms with E-state index in [1.54, 1.807) is 12.1 Å². The Labute approximate surface area is 122 Å². The van der Waals surface area contributed by atoms with Crippen molar-refractivity contribution in [1.82, 2.24) is 10.2 Å². The molecule has 0 bridgehead atoms. The van der Waals surface area contributed by atoms with Crippen LogP contribution in [0.5, 0.6) is 0 Å². The highest BCUT2D eigenvalue weighted by atomic mass is 19.1. The zero-order chi connectivity index (χ0) is 14.5. The Hall–Kier alpha value is -0.930. The molecule has 0 aliphatic carbocycles. The maximum atomic E-state index is 13.7. The predicted molar refractivity (Wildman–Crippen MR) is 82.4 cm³/mol. The van der Waals surface area contributed by atoms with Crippen LogP contribution in [-0.2, 0) is 0 Å². The normalized spacial score (nSPS) is 24.6. The van der Waals surface area contributed by atoms with Gasteiger partial charge in [-0.2, -0.15) is 0 Å². The van der Waals surface area contributed by atoms with Gasteiger partial charge in [-0.3, -0.25) is 4.90 Å². The third-order valence-electron chi connectivity index (χ3n) is 4.47. The molecule has 2 unspecified atom stereocenters. The van der Waals surface area contributed by atoms with E-state index >= 15 is 0 Å². The van der Waals surface area contributed by atoms with E-state index in [0.717, 1.165) is 25.2 Å². The van der Waals surface area contributed by atoms with Crippen LogP contribution in [0.3, 0.4) is 0 Å². The van der Waals surface area contributed by atoms with Gasteiger partial charge in [0.15, 0.2) is 0 Å². The van der Waals surface area contributed by atoms with Crippen molar-refractivity contribution in [1.29, 1.82) is 0 Å². The van der Waals surface area contributed by atoms with Crippen LogP contribution < -0.4 is 5.32 Å². The topological polar surface area (TPSA) is 15.3 Å². The Kier molecular flexibility index (Phi) is 5.55. The average molecular weight is 278 g/mol. The lowest BCUT2D eigenvalue weighted by Gasteiger charge is -2.34. The minimum Gasteiger partial charge on any atom is -0.317 e. The maximum Gasteiger partial charge on any atom is 0.123 e. The highest BCUT2D eigenvalue weighted by molar-refractivity contribution is 5.30. The van der Waals surface area contributed by atoms with Crippen LogP contribution in [0.1, 0.15) is 43.4 Å². The first-order chi connectivity index (χ1) is 9.63. The molecule has 3 heteroatoms. The van der Waals surface area contributed by atoms with Gasteiger partial charge in [-0.25, -0.2) is 4.39 Å². The summed E-state index contributed by atoms with van der Waals surface area (Å²) in [7, 11) is 2.18. The van der Waals surface area contributed by atoms with Gasteiger partial charge < -0.3 is 5.32 Å². The van der Waals surface area contributed by atoms with E-state index in [2.05, 4.69) is 31.1 Å². The number of hydrogen-bond donors (Lipinski definition) is 1. The van der Waals surface area contributed by atoms with Gasteiger partial charge in [-0.05, 0) is 75.6 Å². The molecule has 0 amide bonds. The molecule has 2 nitrogen and oxygen atoms in total. The van der Waals surface area contributed by atoms with Gasteiger partial charge in [0.05, 0.1) is 0 Å². The molecule has 1 heterocycles. The van der Waals surface area contributed by atoms with Crippen LogP contribution in [0, 0.1) is 18.7 Å². The second-order valence-electron chi connectivity index (χ2n) is 5.99. The summed E-state index contributed by atoms with van der Waals surface area (Å²) in [5, 5.41) is 3.48. The van der Waals surface area contributed by atoms with Crippen LogP contribution >= 0.6 is 0 Å². The van der Waals surface area contributed by atoms with Crippen LogP contribution in [0.15, 0.2) is 18.2 Å². The molecule has 20 heavy (non-hydrogen) atoms. The number of likely N-dealkylation sites (tertiary alicyclic amines) is 1. The van der Waals surface area contributed by atoms with Crippen molar-refractivity contribution in [2.45, 2.75) is 39.2 Å². The molecule has 1 N–H and O–H groups in total. The molecule has 1 aromatic carbocycles. The number of halogens is 1. The molecule has 2 atom stereocenters. The van der Waals surface area contributed by atoms with E-state index < -0.39 is 0 Å². The van der Waals surface area contributed by atoms with E-state index in [-0.39, 0.29) is 5.82 Å². The monoisotopic (exact) mass is 278 g/mol. The van der Waals surface area contributed by atoms with Crippen molar-refractivity contribution in [3.8, 4) is 0 Å². The van der Waals surface area contributed by atoms with Crippen LogP contribution in [-0.4, -0.2) is 31.6 Å². The largest absolute Gasteiger partial charge is 0.317 e. The quantitative estimate of drug-likeness (QED) is 0.906. The molecule has 0 aromatic heterocycles. The van der Waals surface area contributed by atoms with Gasteiger partial charge in [-0.1, -0.05) is 19.4 Å². The molecule has 1 fully saturated rings. The second kappa shape index (κ2) is 7.19. The van der Waals surface area contributed by atoms with E-state index in [1.165, 1.54) is 24.8 Å². The molecule has 0 saturated carbocycles. The van der Waals surface area contributed by atoms with E-state index in [1.807, 2.05) is 6.07 Å². The summed E-state index contributed by atoms with van der Waals surface area (Å²) in [5.74, 6) is 0.438. The SMILES string of the molecule is CCNCC1CCCCN(C)C1c1cc(F)ccc1C. The van der Waals surface area contributed by atoms with Gasteiger partial charge in [-0.15, -0.1) is 0 Å². The summed E-state index contributed by atoms with van der Waals surface area (Å²) in [5.41, 5.74) is 2.36. The third-order valence-corrected chi connectivity index (χ3v) is 4.47. The number of rotatable bonds is 4. The first-order valence-corrected chi connectivity index (χ1v) is 7.80.